The highest BCUT2D eigenvalue weighted by Crippen LogP contribution is 2.36. The van der Waals surface area contributed by atoms with Crippen molar-refractivity contribution in [1.29, 1.82) is 0 Å². The summed E-state index contributed by atoms with van der Waals surface area (Å²) in [6.07, 6.45) is 1.89. The molecule has 1 aliphatic carbocycles. The molecule has 1 atom stereocenters. The van der Waals surface area contributed by atoms with E-state index in [-0.39, 0.29) is 22.6 Å². The van der Waals surface area contributed by atoms with Gasteiger partial charge in [-0.25, -0.2) is 9.18 Å². The minimum atomic E-state index is -0.519. The zero-order valence-electron chi connectivity index (χ0n) is 9.37. The van der Waals surface area contributed by atoms with E-state index in [1.807, 2.05) is 0 Å². The molecule has 0 aromatic heterocycles. The number of carbonyl (C=O) groups excluding carboxylic acids is 1. The van der Waals surface area contributed by atoms with Crippen LogP contribution in [0.15, 0.2) is 18.2 Å². The number of nitrogens with one attached hydrogen (secondary N) is 1. The van der Waals surface area contributed by atoms with Crippen LogP contribution in [0.3, 0.4) is 0 Å². The molecule has 3 nitrogen and oxygen atoms in total. The third-order valence-electron chi connectivity index (χ3n) is 2.81. The van der Waals surface area contributed by atoms with Crippen LogP contribution in [-0.4, -0.2) is 19.1 Å². The maximum Gasteiger partial charge on any atom is 0.328 e. The third-order valence-corrected chi connectivity index (χ3v) is 3.13. The second kappa shape index (κ2) is 4.92. The van der Waals surface area contributed by atoms with E-state index < -0.39 is 11.9 Å². The summed E-state index contributed by atoms with van der Waals surface area (Å²) in [5, 5.41) is 3.11. The van der Waals surface area contributed by atoms with Crippen LogP contribution in [0.1, 0.15) is 12.8 Å². The van der Waals surface area contributed by atoms with Crippen molar-refractivity contribution in [3.05, 3.63) is 29.0 Å². The predicted molar refractivity (Wildman–Crippen MR) is 63.6 cm³/mol. The number of anilines is 1. The van der Waals surface area contributed by atoms with Gasteiger partial charge in [-0.15, -0.1) is 0 Å². The summed E-state index contributed by atoms with van der Waals surface area (Å²) >= 11 is 5.89. The molecule has 1 N–H and O–H groups in total. The number of hydrogen-bond donors (Lipinski definition) is 1. The number of hydrogen-bond acceptors (Lipinski definition) is 3. The molecule has 1 aromatic carbocycles. The van der Waals surface area contributed by atoms with E-state index >= 15 is 0 Å². The maximum absolute atomic E-state index is 13.6. The van der Waals surface area contributed by atoms with Crippen LogP contribution in [-0.2, 0) is 9.53 Å². The van der Waals surface area contributed by atoms with Crippen molar-refractivity contribution in [3.8, 4) is 0 Å². The van der Waals surface area contributed by atoms with Gasteiger partial charge in [0.1, 0.15) is 11.9 Å². The Morgan fingerprint density at radius 1 is 1.59 bits per heavy atom. The second-order valence-corrected chi connectivity index (χ2v) is 4.49. The number of methoxy groups -OCH3 is 1. The maximum atomic E-state index is 13.6. The van der Waals surface area contributed by atoms with Crippen molar-refractivity contribution in [2.45, 2.75) is 18.9 Å². The van der Waals surface area contributed by atoms with Gasteiger partial charge in [-0.3, -0.25) is 0 Å². The smallest absolute Gasteiger partial charge is 0.328 e. The van der Waals surface area contributed by atoms with Gasteiger partial charge in [0, 0.05) is 0 Å². The van der Waals surface area contributed by atoms with Gasteiger partial charge in [0.2, 0.25) is 0 Å². The van der Waals surface area contributed by atoms with Crippen LogP contribution in [0.4, 0.5) is 10.1 Å². The Labute approximate surface area is 104 Å². The minimum absolute atomic E-state index is 0.163. The van der Waals surface area contributed by atoms with Gasteiger partial charge < -0.3 is 10.1 Å². The Morgan fingerprint density at radius 3 is 2.82 bits per heavy atom. The number of carbonyl (C=O) groups is 1. The fourth-order valence-corrected chi connectivity index (χ4v) is 1.93. The van der Waals surface area contributed by atoms with E-state index in [9.17, 15) is 9.18 Å². The van der Waals surface area contributed by atoms with Gasteiger partial charge in [0.25, 0.3) is 0 Å². The molecule has 17 heavy (non-hydrogen) atoms. The van der Waals surface area contributed by atoms with Gasteiger partial charge in [-0.05, 0) is 30.9 Å². The number of esters is 1. The number of benzene rings is 1. The summed E-state index contributed by atoms with van der Waals surface area (Å²) in [5.74, 6) is -0.642. The van der Waals surface area contributed by atoms with Crippen LogP contribution in [0, 0.1) is 11.7 Å². The lowest BCUT2D eigenvalue weighted by Crippen LogP contribution is -2.33. The topological polar surface area (TPSA) is 38.3 Å². The fraction of sp³-hybridized carbons (Fsp3) is 0.417. The Hall–Kier alpha value is -1.29. The van der Waals surface area contributed by atoms with Crippen LogP contribution in [0.2, 0.25) is 5.02 Å². The minimum Gasteiger partial charge on any atom is -0.467 e. The monoisotopic (exact) mass is 257 g/mol. The normalized spacial score (nSPS) is 16.4. The molecule has 0 aliphatic heterocycles. The molecule has 0 amide bonds. The lowest BCUT2D eigenvalue weighted by atomic mass is 10.1. The number of para-hydroxylation sites is 1. The van der Waals surface area contributed by atoms with Gasteiger partial charge in [-0.1, -0.05) is 17.7 Å². The van der Waals surface area contributed by atoms with Gasteiger partial charge in [-0.2, -0.15) is 0 Å². The molecule has 1 fully saturated rings. The molecule has 1 unspecified atom stereocenters. The van der Waals surface area contributed by atoms with E-state index in [0.29, 0.717) is 0 Å². The molecule has 5 heteroatoms. The van der Waals surface area contributed by atoms with E-state index in [0.717, 1.165) is 12.8 Å². The fourth-order valence-electron chi connectivity index (χ4n) is 1.72. The van der Waals surface area contributed by atoms with E-state index in [1.54, 1.807) is 6.07 Å². The number of halogens is 2. The average molecular weight is 258 g/mol. The summed E-state index contributed by atoms with van der Waals surface area (Å²) in [5.41, 5.74) is 0.163. The lowest BCUT2D eigenvalue weighted by Gasteiger charge is -2.18. The molecule has 2 rings (SSSR count). The van der Waals surface area contributed by atoms with Gasteiger partial charge >= 0.3 is 5.97 Å². The quantitative estimate of drug-likeness (QED) is 0.843. The molecule has 1 aromatic rings. The molecule has 1 saturated carbocycles. The van der Waals surface area contributed by atoms with Crippen LogP contribution >= 0.6 is 11.6 Å². The Balaban J connectivity index is 2.20. The average Bonchev–Trinajstić information content (AvgIpc) is 3.12. The van der Waals surface area contributed by atoms with Crippen LogP contribution in [0.25, 0.3) is 0 Å². The lowest BCUT2D eigenvalue weighted by molar-refractivity contribution is -0.142. The van der Waals surface area contributed by atoms with Crippen molar-refractivity contribution in [2.75, 3.05) is 12.4 Å². The number of ether oxygens (including phenoxy) is 1. The second-order valence-electron chi connectivity index (χ2n) is 4.08. The largest absolute Gasteiger partial charge is 0.467 e. The highest BCUT2D eigenvalue weighted by Gasteiger charge is 2.37. The van der Waals surface area contributed by atoms with E-state index in [2.05, 4.69) is 5.32 Å². The Bertz CT molecular complexity index is 414. The summed E-state index contributed by atoms with van der Waals surface area (Å²) in [6.45, 7) is 0. The highest BCUT2D eigenvalue weighted by molar-refractivity contribution is 6.33. The summed E-state index contributed by atoms with van der Waals surface area (Å²) in [6, 6.07) is 3.88. The van der Waals surface area contributed by atoms with Crippen LogP contribution < -0.4 is 5.32 Å². The van der Waals surface area contributed by atoms with Crippen molar-refractivity contribution in [2.24, 2.45) is 5.92 Å². The molecular weight excluding hydrogens is 245 g/mol. The van der Waals surface area contributed by atoms with Crippen molar-refractivity contribution in [3.63, 3.8) is 0 Å². The molecule has 0 radical (unpaired) electrons. The van der Waals surface area contributed by atoms with Gasteiger partial charge in [0.05, 0.1) is 17.8 Å². The number of rotatable bonds is 4. The van der Waals surface area contributed by atoms with Gasteiger partial charge in [0.15, 0.2) is 0 Å². The first-order valence-corrected chi connectivity index (χ1v) is 5.79. The standard InChI is InChI=1S/C12H13ClFNO2/c1-17-12(16)10(7-5-6-7)15-11-8(13)3-2-4-9(11)14/h2-4,7,10,15H,5-6H2,1H3. The first kappa shape index (κ1) is 12.2. The molecule has 0 heterocycles. The van der Waals surface area contributed by atoms with E-state index in [1.165, 1.54) is 19.2 Å². The predicted octanol–water partition coefficient (Wildman–Crippen LogP) is 2.84. The highest BCUT2D eigenvalue weighted by atomic mass is 35.5. The SMILES string of the molecule is COC(=O)C(Nc1c(F)cccc1Cl)C1CC1. The zero-order valence-corrected chi connectivity index (χ0v) is 10.1. The Morgan fingerprint density at radius 2 is 2.29 bits per heavy atom. The first-order valence-electron chi connectivity index (χ1n) is 5.42. The van der Waals surface area contributed by atoms with E-state index in [4.69, 9.17) is 16.3 Å². The summed E-state index contributed by atoms with van der Waals surface area (Å²) < 4.78 is 18.3. The molecule has 0 bridgehead atoms. The van der Waals surface area contributed by atoms with Crippen molar-refractivity contribution >= 4 is 23.3 Å². The summed E-state index contributed by atoms with van der Waals surface area (Å²) in [7, 11) is 1.32. The summed E-state index contributed by atoms with van der Waals surface area (Å²) in [4.78, 5) is 11.6. The molecule has 92 valence electrons. The molecule has 0 saturated heterocycles. The zero-order chi connectivity index (χ0) is 12.4. The molecular formula is C12H13ClFNO2. The molecule has 1 aliphatic rings. The first-order chi connectivity index (χ1) is 8.13. The van der Waals surface area contributed by atoms with Crippen molar-refractivity contribution in [1.82, 2.24) is 0 Å². The third kappa shape index (κ3) is 2.69. The Kier molecular flexibility index (Phi) is 3.52. The van der Waals surface area contributed by atoms with Crippen molar-refractivity contribution < 1.29 is 13.9 Å². The molecule has 0 spiro atoms. The van der Waals surface area contributed by atoms with Crippen LogP contribution in [0.5, 0.6) is 0 Å².